The molecule has 2 amide bonds. The molecule has 0 aliphatic heterocycles. The van der Waals surface area contributed by atoms with Crippen molar-refractivity contribution in [3.8, 4) is 0 Å². The van der Waals surface area contributed by atoms with Crippen LogP contribution in [-0.4, -0.2) is 23.3 Å². The molecular weight excluding hydrogens is 406 g/mol. The van der Waals surface area contributed by atoms with Gasteiger partial charge in [-0.1, -0.05) is 28.1 Å². The van der Waals surface area contributed by atoms with Crippen LogP contribution in [0.15, 0.2) is 46.9 Å². The molecule has 5 nitrogen and oxygen atoms in total. The molecule has 0 aliphatic rings. The summed E-state index contributed by atoms with van der Waals surface area (Å²) in [6.07, 6.45) is 0. The Morgan fingerprint density at radius 3 is 2.56 bits per heavy atom. The van der Waals surface area contributed by atoms with E-state index in [-0.39, 0.29) is 18.4 Å². The van der Waals surface area contributed by atoms with Crippen molar-refractivity contribution in [2.45, 2.75) is 20.8 Å². The van der Waals surface area contributed by atoms with Gasteiger partial charge in [-0.05, 0) is 62.2 Å². The van der Waals surface area contributed by atoms with Gasteiger partial charge in [0.25, 0.3) is 5.91 Å². The molecule has 0 radical (unpaired) electrons. The first-order chi connectivity index (χ1) is 12.8. The van der Waals surface area contributed by atoms with E-state index in [1.807, 2.05) is 56.3 Å². The number of carbonyl (C=O) groups is 2. The van der Waals surface area contributed by atoms with Crippen molar-refractivity contribution >= 4 is 44.3 Å². The fourth-order valence-electron chi connectivity index (χ4n) is 2.82. The zero-order chi connectivity index (χ0) is 19.6. The maximum Gasteiger partial charge on any atom is 0.253 e. The van der Waals surface area contributed by atoms with Gasteiger partial charge in [0.2, 0.25) is 5.91 Å². The van der Waals surface area contributed by atoms with E-state index >= 15 is 0 Å². The van der Waals surface area contributed by atoms with Crippen molar-refractivity contribution in [1.82, 2.24) is 10.3 Å². The summed E-state index contributed by atoms with van der Waals surface area (Å²) in [5, 5.41) is 6.37. The van der Waals surface area contributed by atoms with E-state index in [1.165, 1.54) is 0 Å². The molecule has 3 rings (SSSR count). The number of hydrogen-bond donors (Lipinski definition) is 2. The number of benzene rings is 2. The van der Waals surface area contributed by atoms with E-state index in [1.54, 1.807) is 6.92 Å². The topological polar surface area (TPSA) is 71.1 Å². The predicted octanol–water partition coefficient (Wildman–Crippen LogP) is 4.29. The van der Waals surface area contributed by atoms with Crippen LogP contribution in [0.4, 0.5) is 5.69 Å². The highest BCUT2D eigenvalue weighted by Gasteiger charge is 2.13. The van der Waals surface area contributed by atoms with E-state index < -0.39 is 0 Å². The number of nitrogens with one attached hydrogen (secondary N) is 2. The van der Waals surface area contributed by atoms with Crippen molar-refractivity contribution < 1.29 is 9.59 Å². The largest absolute Gasteiger partial charge is 0.343 e. The molecule has 0 aliphatic carbocycles. The second-order valence-corrected chi connectivity index (χ2v) is 7.42. The van der Waals surface area contributed by atoms with Crippen LogP contribution in [0, 0.1) is 20.8 Å². The van der Waals surface area contributed by atoms with Crippen LogP contribution in [0.3, 0.4) is 0 Å². The van der Waals surface area contributed by atoms with E-state index in [2.05, 4.69) is 31.5 Å². The summed E-state index contributed by atoms with van der Waals surface area (Å²) in [4.78, 5) is 29.2. The molecule has 1 aromatic heterocycles. The molecule has 1 heterocycles. The smallest absolute Gasteiger partial charge is 0.253 e. The van der Waals surface area contributed by atoms with Crippen LogP contribution in [0.5, 0.6) is 0 Å². The van der Waals surface area contributed by atoms with E-state index in [9.17, 15) is 9.59 Å². The number of halogens is 1. The SMILES string of the molecule is Cc1ccc2cc(C(=O)NCC(=O)Nc3ccc(Br)cc3C)c(C)nc2c1. The lowest BCUT2D eigenvalue weighted by Gasteiger charge is -2.11. The Hall–Kier alpha value is -2.73. The number of carbonyl (C=O) groups excluding carboxylic acids is 2. The number of amides is 2. The molecule has 0 saturated heterocycles. The zero-order valence-electron chi connectivity index (χ0n) is 15.4. The second-order valence-electron chi connectivity index (χ2n) is 6.51. The lowest BCUT2D eigenvalue weighted by molar-refractivity contribution is -0.115. The van der Waals surface area contributed by atoms with Crippen molar-refractivity contribution in [2.75, 3.05) is 11.9 Å². The van der Waals surface area contributed by atoms with Crippen LogP contribution in [0.2, 0.25) is 0 Å². The molecule has 6 heteroatoms. The zero-order valence-corrected chi connectivity index (χ0v) is 17.0. The summed E-state index contributed by atoms with van der Waals surface area (Å²) in [7, 11) is 0. The minimum Gasteiger partial charge on any atom is -0.343 e. The second kappa shape index (κ2) is 7.88. The summed E-state index contributed by atoms with van der Waals surface area (Å²) in [5.74, 6) is -0.596. The van der Waals surface area contributed by atoms with Gasteiger partial charge in [-0.2, -0.15) is 0 Å². The van der Waals surface area contributed by atoms with E-state index in [0.717, 1.165) is 32.2 Å². The minimum atomic E-state index is -0.315. The number of pyridine rings is 1. The van der Waals surface area contributed by atoms with Crippen LogP contribution in [-0.2, 0) is 4.79 Å². The van der Waals surface area contributed by atoms with Gasteiger partial charge >= 0.3 is 0 Å². The Kier molecular flexibility index (Phi) is 5.56. The number of aromatic nitrogens is 1. The quantitative estimate of drug-likeness (QED) is 0.654. The Morgan fingerprint density at radius 1 is 1.04 bits per heavy atom. The van der Waals surface area contributed by atoms with Gasteiger partial charge < -0.3 is 10.6 Å². The fraction of sp³-hybridized carbons (Fsp3) is 0.190. The van der Waals surface area contributed by atoms with Gasteiger partial charge in [0.1, 0.15) is 0 Å². The fourth-order valence-corrected chi connectivity index (χ4v) is 3.30. The maximum atomic E-state index is 12.5. The average molecular weight is 426 g/mol. The van der Waals surface area contributed by atoms with E-state index in [0.29, 0.717) is 11.3 Å². The molecule has 2 N–H and O–H groups in total. The molecule has 0 bridgehead atoms. The summed E-state index contributed by atoms with van der Waals surface area (Å²) >= 11 is 3.39. The third-order valence-corrected chi connectivity index (χ3v) is 4.77. The molecule has 138 valence electrons. The third-order valence-electron chi connectivity index (χ3n) is 4.28. The predicted molar refractivity (Wildman–Crippen MR) is 111 cm³/mol. The van der Waals surface area contributed by atoms with Gasteiger partial charge in [0.15, 0.2) is 0 Å². The van der Waals surface area contributed by atoms with Crippen LogP contribution < -0.4 is 10.6 Å². The maximum absolute atomic E-state index is 12.5. The lowest BCUT2D eigenvalue weighted by Crippen LogP contribution is -2.33. The first-order valence-corrected chi connectivity index (χ1v) is 9.35. The Balaban J connectivity index is 1.68. The number of anilines is 1. The first kappa shape index (κ1) is 19.0. The highest BCUT2D eigenvalue weighted by Crippen LogP contribution is 2.20. The summed E-state index contributed by atoms with van der Waals surface area (Å²) in [6.45, 7) is 5.59. The summed E-state index contributed by atoms with van der Waals surface area (Å²) in [6, 6.07) is 13.3. The van der Waals surface area contributed by atoms with Crippen LogP contribution in [0.25, 0.3) is 10.9 Å². The van der Waals surface area contributed by atoms with Crippen LogP contribution in [0.1, 0.15) is 27.2 Å². The Bertz CT molecular complexity index is 1050. The number of hydrogen-bond acceptors (Lipinski definition) is 3. The molecule has 0 atom stereocenters. The molecule has 0 spiro atoms. The summed E-state index contributed by atoms with van der Waals surface area (Å²) in [5.41, 5.74) is 4.73. The minimum absolute atomic E-state index is 0.111. The molecule has 0 unspecified atom stereocenters. The molecule has 0 fully saturated rings. The number of aryl methyl sites for hydroxylation is 3. The van der Waals surface area contributed by atoms with Gasteiger partial charge in [0, 0.05) is 15.5 Å². The Labute approximate surface area is 166 Å². The monoisotopic (exact) mass is 425 g/mol. The van der Waals surface area contributed by atoms with Gasteiger partial charge in [-0.15, -0.1) is 0 Å². The van der Waals surface area contributed by atoms with Gasteiger partial charge in [0.05, 0.1) is 23.3 Å². The highest BCUT2D eigenvalue weighted by molar-refractivity contribution is 9.10. The van der Waals surface area contributed by atoms with E-state index in [4.69, 9.17) is 0 Å². The summed E-state index contributed by atoms with van der Waals surface area (Å²) < 4.78 is 0.945. The molecule has 0 saturated carbocycles. The Morgan fingerprint density at radius 2 is 1.81 bits per heavy atom. The van der Waals surface area contributed by atoms with Crippen molar-refractivity contribution in [3.63, 3.8) is 0 Å². The van der Waals surface area contributed by atoms with Gasteiger partial charge in [-0.25, -0.2) is 0 Å². The molecule has 3 aromatic rings. The standard InChI is InChI=1S/C21H20BrN3O2/c1-12-4-5-15-10-17(14(3)24-19(15)8-12)21(27)23-11-20(26)25-18-7-6-16(22)9-13(18)2/h4-10H,11H2,1-3H3,(H,23,27)(H,25,26). The third kappa shape index (κ3) is 4.52. The lowest BCUT2D eigenvalue weighted by atomic mass is 10.1. The average Bonchev–Trinajstić information content (AvgIpc) is 2.61. The number of fused-ring (bicyclic) bond motifs is 1. The first-order valence-electron chi connectivity index (χ1n) is 8.55. The normalized spacial score (nSPS) is 10.7. The highest BCUT2D eigenvalue weighted by atomic mass is 79.9. The number of nitrogens with zero attached hydrogens (tertiary/aromatic N) is 1. The van der Waals surface area contributed by atoms with Crippen LogP contribution >= 0.6 is 15.9 Å². The molecule has 27 heavy (non-hydrogen) atoms. The van der Waals surface area contributed by atoms with Crippen molar-refractivity contribution in [2.24, 2.45) is 0 Å². The van der Waals surface area contributed by atoms with Gasteiger partial charge in [-0.3, -0.25) is 14.6 Å². The molecule has 2 aromatic carbocycles. The van der Waals surface area contributed by atoms with Crippen molar-refractivity contribution in [1.29, 1.82) is 0 Å². The number of rotatable bonds is 4. The molecular formula is C21H20BrN3O2. The van der Waals surface area contributed by atoms with Crippen molar-refractivity contribution in [3.05, 3.63) is 69.3 Å².